The second-order valence-corrected chi connectivity index (χ2v) is 8.87. The lowest BCUT2D eigenvalue weighted by atomic mass is 10.00. The van der Waals surface area contributed by atoms with Gasteiger partial charge in [0, 0.05) is 25.2 Å². The van der Waals surface area contributed by atoms with Gasteiger partial charge in [-0.1, -0.05) is 43.3 Å². The molecule has 36 heavy (non-hydrogen) atoms. The Kier molecular flexibility index (Phi) is 9.69. The van der Waals surface area contributed by atoms with Crippen molar-refractivity contribution in [2.24, 2.45) is 5.73 Å². The molecule has 3 rings (SSSR count). The number of nitrogens with zero attached hydrogens (tertiary/aromatic N) is 1. The minimum absolute atomic E-state index is 0.116. The van der Waals surface area contributed by atoms with Crippen molar-refractivity contribution in [3.63, 3.8) is 0 Å². The third-order valence-electron chi connectivity index (χ3n) is 6.02. The van der Waals surface area contributed by atoms with E-state index in [0.717, 1.165) is 18.1 Å². The largest absolute Gasteiger partial charge is 0.456 e. The van der Waals surface area contributed by atoms with Crippen molar-refractivity contribution < 1.29 is 18.3 Å². The maximum atomic E-state index is 13.7. The standard InChI is InChI=1S/C29H31F2N3O2/c1-3-20-6-4-7-21(10-20)17-34-18-28(27(33)13-22-11-25(30)15-26(31)12-22)36-29(35)24-9-5-8-23(14-24)19(2)16-32/h4-12,14-15,19,27-28,34H,3,13,17-18,33H2,1-2H3. The van der Waals surface area contributed by atoms with Crippen LogP contribution in [0, 0.1) is 23.0 Å². The molecule has 7 heteroatoms. The SMILES string of the molecule is CCc1cccc(CNCC(OC(=O)c2cccc(C(C)C#N)c2)C(N)Cc2cc(F)cc(F)c2)c1. The van der Waals surface area contributed by atoms with E-state index in [1.54, 1.807) is 31.2 Å². The third-order valence-corrected chi connectivity index (χ3v) is 6.02. The molecule has 0 saturated carbocycles. The zero-order chi connectivity index (χ0) is 26.1. The lowest BCUT2D eigenvalue weighted by Crippen LogP contribution is -2.46. The number of carbonyl (C=O) groups is 1. The van der Waals surface area contributed by atoms with Crippen molar-refractivity contribution in [1.82, 2.24) is 5.32 Å². The molecule has 188 valence electrons. The van der Waals surface area contributed by atoms with E-state index in [1.807, 2.05) is 12.1 Å². The van der Waals surface area contributed by atoms with Crippen molar-refractivity contribution >= 4 is 5.97 Å². The summed E-state index contributed by atoms with van der Waals surface area (Å²) in [6.45, 7) is 4.62. The Morgan fingerprint density at radius 1 is 1.03 bits per heavy atom. The van der Waals surface area contributed by atoms with Crippen LogP contribution in [-0.2, 0) is 24.1 Å². The molecule has 0 heterocycles. The van der Waals surface area contributed by atoms with Gasteiger partial charge in [-0.15, -0.1) is 0 Å². The minimum Gasteiger partial charge on any atom is -0.456 e. The van der Waals surface area contributed by atoms with Crippen LogP contribution in [0.2, 0.25) is 0 Å². The van der Waals surface area contributed by atoms with Gasteiger partial charge in [-0.25, -0.2) is 13.6 Å². The molecule has 3 N–H and O–H groups in total. The van der Waals surface area contributed by atoms with Crippen LogP contribution in [0.15, 0.2) is 66.7 Å². The Balaban J connectivity index is 1.75. The molecule has 0 aliphatic rings. The molecule has 0 amide bonds. The number of hydrogen-bond donors (Lipinski definition) is 2. The molecular weight excluding hydrogens is 460 g/mol. The van der Waals surface area contributed by atoms with Gasteiger partial charge in [-0.05, 0) is 66.3 Å². The molecular formula is C29H31F2N3O2. The van der Waals surface area contributed by atoms with Gasteiger partial charge in [-0.2, -0.15) is 5.26 Å². The van der Waals surface area contributed by atoms with Crippen LogP contribution in [-0.4, -0.2) is 24.7 Å². The molecule has 0 aromatic heterocycles. The number of halogens is 2. The number of nitrogens with one attached hydrogen (secondary N) is 1. The monoisotopic (exact) mass is 491 g/mol. The molecule has 0 spiro atoms. The van der Waals surface area contributed by atoms with Crippen LogP contribution in [0.1, 0.15) is 52.4 Å². The fourth-order valence-corrected chi connectivity index (χ4v) is 3.95. The number of esters is 1. The maximum Gasteiger partial charge on any atom is 0.338 e. The average molecular weight is 492 g/mol. The summed E-state index contributed by atoms with van der Waals surface area (Å²) in [6, 6.07) is 19.6. The lowest BCUT2D eigenvalue weighted by molar-refractivity contribution is 0.0238. The summed E-state index contributed by atoms with van der Waals surface area (Å²) in [6.07, 6.45) is 0.271. The third kappa shape index (κ3) is 7.70. The van der Waals surface area contributed by atoms with Crippen LogP contribution in [0.5, 0.6) is 0 Å². The number of aryl methyl sites for hydroxylation is 1. The van der Waals surface area contributed by atoms with Crippen molar-refractivity contribution in [1.29, 1.82) is 5.26 Å². The van der Waals surface area contributed by atoms with Gasteiger partial charge in [-0.3, -0.25) is 0 Å². The first kappa shape index (κ1) is 27.0. The number of rotatable bonds is 11. The number of hydrogen-bond acceptors (Lipinski definition) is 5. The topological polar surface area (TPSA) is 88.1 Å². The molecule has 0 bridgehead atoms. The number of carbonyl (C=O) groups excluding carboxylic acids is 1. The van der Waals surface area contributed by atoms with E-state index in [9.17, 15) is 18.8 Å². The quantitative estimate of drug-likeness (QED) is 0.367. The van der Waals surface area contributed by atoms with Crippen LogP contribution >= 0.6 is 0 Å². The van der Waals surface area contributed by atoms with Gasteiger partial charge >= 0.3 is 5.97 Å². The fourth-order valence-electron chi connectivity index (χ4n) is 3.95. The number of ether oxygens (including phenoxy) is 1. The Hall–Kier alpha value is -3.60. The molecule has 0 radical (unpaired) electrons. The second kappa shape index (κ2) is 12.9. The Morgan fingerprint density at radius 3 is 2.42 bits per heavy atom. The van der Waals surface area contributed by atoms with Crippen molar-refractivity contribution in [2.45, 2.75) is 51.3 Å². The molecule has 0 aliphatic carbocycles. The van der Waals surface area contributed by atoms with E-state index < -0.39 is 29.7 Å². The summed E-state index contributed by atoms with van der Waals surface area (Å²) in [5.41, 5.74) is 10.1. The van der Waals surface area contributed by atoms with E-state index in [2.05, 4.69) is 30.4 Å². The number of benzene rings is 3. The van der Waals surface area contributed by atoms with Gasteiger partial charge in [0.15, 0.2) is 0 Å². The predicted molar refractivity (Wildman–Crippen MR) is 135 cm³/mol. The molecule has 0 fully saturated rings. The maximum absolute atomic E-state index is 13.7. The van der Waals surface area contributed by atoms with Crippen molar-refractivity contribution in [3.05, 3.63) is 106 Å². The van der Waals surface area contributed by atoms with E-state index in [-0.39, 0.29) is 18.9 Å². The van der Waals surface area contributed by atoms with Crippen LogP contribution < -0.4 is 11.1 Å². The zero-order valence-corrected chi connectivity index (χ0v) is 20.5. The first-order valence-corrected chi connectivity index (χ1v) is 12.0. The fraction of sp³-hybridized carbons (Fsp3) is 0.310. The van der Waals surface area contributed by atoms with E-state index in [4.69, 9.17) is 10.5 Å². The average Bonchev–Trinajstić information content (AvgIpc) is 2.87. The van der Waals surface area contributed by atoms with Gasteiger partial charge in [0.25, 0.3) is 0 Å². The molecule has 0 aliphatic heterocycles. The first-order chi connectivity index (χ1) is 17.3. The van der Waals surface area contributed by atoms with Gasteiger partial charge in [0.2, 0.25) is 0 Å². The minimum atomic E-state index is -0.768. The van der Waals surface area contributed by atoms with E-state index >= 15 is 0 Å². The summed E-state index contributed by atoms with van der Waals surface area (Å²) >= 11 is 0. The Labute approximate surface area is 210 Å². The lowest BCUT2D eigenvalue weighted by Gasteiger charge is -2.25. The molecule has 3 atom stereocenters. The second-order valence-electron chi connectivity index (χ2n) is 8.87. The first-order valence-electron chi connectivity index (χ1n) is 12.0. The Morgan fingerprint density at radius 2 is 1.72 bits per heavy atom. The van der Waals surface area contributed by atoms with Crippen LogP contribution in [0.4, 0.5) is 8.78 Å². The molecule has 3 unspecified atom stereocenters. The van der Waals surface area contributed by atoms with Crippen molar-refractivity contribution in [3.8, 4) is 6.07 Å². The summed E-state index contributed by atoms with van der Waals surface area (Å²) in [5, 5.41) is 12.5. The highest BCUT2D eigenvalue weighted by molar-refractivity contribution is 5.89. The number of nitriles is 1. The van der Waals surface area contributed by atoms with Gasteiger partial charge < -0.3 is 15.8 Å². The predicted octanol–water partition coefficient (Wildman–Crippen LogP) is 5.04. The number of nitrogens with two attached hydrogens (primary N) is 1. The highest BCUT2D eigenvalue weighted by Crippen LogP contribution is 2.18. The summed E-state index contributed by atoms with van der Waals surface area (Å²) in [5.74, 6) is -2.34. The van der Waals surface area contributed by atoms with Crippen LogP contribution in [0.25, 0.3) is 0 Å². The molecule has 3 aromatic carbocycles. The molecule has 0 saturated heterocycles. The summed E-state index contributed by atoms with van der Waals surface area (Å²) in [7, 11) is 0. The Bertz CT molecular complexity index is 1200. The summed E-state index contributed by atoms with van der Waals surface area (Å²) in [4.78, 5) is 13.0. The van der Waals surface area contributed by atoms with Gasteiger partial charge in [0.05, 0.1) is 17.6 Å². The van der Waals surface area contributed by atoms with Crippen molar-refractivity contribution in [2.75, 3.05) is 6.54 Å². The van der Waals surface area contributed by atoms with E-state index in [1.165, 1.54) is 17.7 Å². The summed E-state index contributed by atoms with van der Waals surface area (Å²) < 4.78 is 33.2. The zero-order valence-electron chi connectivity index (χ0n) is 20.5. The van der Waals surface area contributed by atoms with Gasteiger partial charge in [0.1, 0.15) is 17.7 Å². The highest BCUT2D eigenvalue weighted by Gasteiger charge is 2.24. The molecule has 5 nitrogen and oxygen atoms in total. The normalized spacial score (nSPS) is 13.4. The van der Waals surface area contributed by atoms with Crippen LogP contribution in [0.3, 0.4) is 0 Å². The molecule has 3 aromatic rings. The van der Waals surface area contributed by atoms with E-state index in [0.29, 0.717) is 23.2 Å². The highest BCUT2D eigenvalue weighted by atomic mass is 19.1. The smallest absolute Gasteiger partial charge is 0.338 e.